The molecule has 0 radical (unpaired) electrons. The molecule has 5 heteroatoms. The van der Waals surface area contributed by atoms with Crippen molar-refractivity contribution < 1.29 is 9.53 Å². The molecule has 1 atom stereocenters. The highest BCUT2D eigenvalue weighted by atomic mass is 16.5. The van der Waals surface area contributed by atoms with Gasteiger partial charge in [-0.05, 0) is 68.3 Å². The van der Waals surface area contributed by atoms with Gasteiger partial charge in [0.2, 0.25) is 0 Å². The number of pyridine rings is 1. The first-order valence-corrected chi connectivity index (χ1v) is 9.53. The molecular formula is C23H23N3O2. The van der Waals surface area contributed by atoms with Crippen LogP contribution in [0.25, 0.3) is 0 Å². The van der Waals surface area contributed by atoms with Crippen LogP contribution < -0.4 is 15.0 Å². The van der Waals surface area contributed by atoms with Crippen LogP contribution in [0.15, 0.2) is 66.9 Å². The van der Waals surface area contributed by atoms with Crippen molar-refractivity contribution in [2.45, 2.75) is 26.3 Å². The van der Waals surface area contributed by atoms with Gasteiger partial charge in [-0.3, -0.25) is 4.79 Å². The van der Waals surface area contributed by atoms with Gasteiger partial charge in [-0.2, -0.15) is 0 Å². The number of fused-ring (bicyclic) bond motifs is 1. The topological polar surface area (TPSA) is 54.5 Å². The fourth-order valence-electron chi connectivity index (χ4n) is 3.61. The summed E-state index contributed by atoms with van der Waals surface area (Å²) < 4.78 is 5.44. The van der Waals surface area contributed by atoms with Crippen LogP contribution in [0.5, 0.6) is 5.75 Å². The zero-order chi connectivity index (χ0) is 19.5. The summed E-state index contributed by atoms with van der Waals surface area (Å²) in [5.74, 6) is 1.41. The average Bonchev–Trinajstić information content (AvgIpc) is 3.05. The highest BCUT2D eigenvalue weighted by Gasteiger charge is 2.28. The summed E-state index contributed by atoms with van der Waals surface area (Å²) in [6.45, 7) is 4.73. The van der Waals surface area contributed by atoms with E-state index in [4.69, 9.17) is 4.74 Å². The SMILES string of the molecule is CCOc1ccc(NC(=O)c2ccnc(N3c4ccccc4CC3C)c2)cc1. The standard InChI is InChI=1S/C23H23N3O2/c1-3-28-20-10-8-19(9-11-20)25-23(27)18-12-13-24-22(15-18)26-16(2)14-17-6-4-5-7-21(17)26/h4-13,15-16H,3,14H2,1-2H3,(H,25,27). The molecule has 4 rings (SSSR count). The molecule has 142 valence electrons. The zero-order valence-electron chi connectivity index (χ0n) is 16.1. The van der Waals surface area contributed by atoms with Crippen LogP contribution in [0.1, 0.15) is 29.8 Å². The molecule has 0 saturated carbocycles. The van der Waals surface area contributed by atoms with Gasteiger partial charge in [0.05, 0.1) is 6.61 Å². The second-order valence-corrected chi connectivity index (χ2v) is 6.87. The van der Waals surface area contributed by atoms with E-state index in [2.05, 4.69) is 40.3 Å². The summed E-state index contributed by atoms with van der Waals surface area (Å²) in [4.78, 5) is 19.4. The van der Waals surface area contributed by atoms with E-state index >= 15 is 0 Å². The predicted molar refractivity (Wildman–Crippen MR) is 112 cm³/mol. The first-order valence-electron chi connectivity index (χ1n) is 9.53. The van der Waals surface area contributed by atoms with Crippen molar-refractivity contribution in [1.29, 1.82) is 0 Å². The number of anilines is 3. The number of benzene rings is 2. The Labute approximate surface area is 165 Å². The first kappa shape index (κ1) is 18.0. The molecule has 1 N–H and O–H groups in total. The lowest BCUT2D eigenvalue weighted by atomic mass is 10.1. The zero-order valence-corrected chi connectivity index (χ0v) is 16.1. The van der Waals surface area contributed by atoms with Crippen LogP contribution in [0, 0.1) is 0 Å². The lowest BCUT2D eigenvalue weighted by molar-refractivity contribution is 0.102. The summed E-state index contributed by atoms with van der Waals surface area (Å²) >= 11 is 0. The van der Waals surface area contributed by atoms with Crippen molar-refractivity contribution in [3.63, 3.8) is 0 Å². The van der Waals surface area contributed by atoms with Crippen molar-refractivity contribution in [3.8, 4) is 5.75 Å². The van der Waals surface area contributed by atoms with Crippen LogP contribution >= 0.6 is 0 Å². The number of aromatic nitrogens is 1. The third kappa shape index (κ3) is 3.56. The second-order valence-electron chi connectivity index (χ2n) is 6.87. The normalized spacial score (nSPS) is 15.2. The van der Waals surface area contributed by atoms with E-state index in [1.54, 1.807) is 12.3 Å². The molecule has 1 amide bonds. The number of para-hydroxylation sites is 1. The minimum absolute atomic E-state index is 0.159. The smallest absolute Gasteiger partial charge is 0.255 e. The number of carbonyl (C=O) groups excluding carboxylic acids is 1. The quantitative estimate of drug-likeness (QED) is 0.697. The summed E-state index contributed by atoms with van der Waals surface area (Å²) in [6, 6.07) is 19.6. The van der Waals surface area contributed by atoms with Crippen LogP contribution in [0.2, 0.25) is 0 Å². The molecule has 28 heavy (non-hydrogen) atoms. The van der Waals surface area contributed by atoms with Gasteiger partial charge < -0.3 is 15.0 Å². The molecule has 1 aromatic heterocycles. The molecule has 1 aliphatic rings. The summed E-state index contributed by atoms with van der Waals surface area (Å²) in [5.41, 5.74) is 3.77. The van der Waals surface area contributed by atoms with Crippen LogP contribution in [0.3, 0.4) is 0 Å². The summed E-state index contributed by atoms with van der Waals surface area (Å²) in [5, 5.41) is 2.93. The van der Waals surface area contributed by atoms with E-state index < -0.39 is 0 Å². The van der Waals surface area contributed by atoms with E-state index in [1.165, 1.54) is 5.56 Å². The molecule has 5 nitrogen and oxygen atoms in total. The van der Waals surface area contributed by atoms with Crippen molar-refractivity contribution in [2.75, 3.05) is 16.8 Å². The van der Waals surface area contributed by atoms with Gasteiger partial charge in [0, 0.05) is 29.2 Å². The number of nitrogens with one attached hydrogen (secondary N) is 1. The van der Waals surface area contributed by atoms with Crippen LogP contribution in [0.4, 0.5) is 17.2 Å². The van der Waals surface area contributed by atoms with Crippen molar-refractivity contribution in [1.82, 2.24) is 4.98 Å². The number of rotatable bonds is 5. The second kappa shape index (κ2) is 7.72. The van der Waals surface area contributed by atoms with E-state index in [1.807, 2.05) is 43.3 Å². The number of carbonyl (C=O) groups is 1. The molecular weight excluding hydrogens is 350 g/mol. The van der Waals surface area contributed by atoms with E-state index in [9.17, 15) is 4.79 Å². The Morgan fingerprint density at radius 3 is 2.75 bits per heavy atom. The third-order valence-corrected chi connectivity index (χ3v) is 4.88. The minimum atomic E-state index is -0.159. The number of amides is 1. The maximum absolute atomic E-state index is 12.7. The van der Waals surface area contributed by atoms with Crippen LogP contribution in [-0.4, -0.2) is 23.5 Å². The molecule has 0 fully saturated rings. The van der Waals surface area contributed by atoms with Gasteiger partial charge >= 0.3 is 0 Å². The number of hydrogen-bond donors (Lipinski definition) is 1. The monoisotopic (exact) mass is 373 g/mol. The highest BCUT2D eigenvalue weighted by molar-refractivity contribution is 6.04. The lowest BCUT2D eigenvalue weighted by Gasteiger charge is -2.24. The number of hydrogen-bond acceptors (Lipinski definition) is 4. The largest absolute Gasteiger partial charge is 0.494 e. The van der Waals surface area contributed by atoms with Crippen molar-refractivity contribution in [2.24, 2.45) is 0 Å². The van der Waals surface area contributed by atoms with Gasteiger partial charge in [0.15, 0.2) is 0 Å². The lowest BCUT2D eigenvalue weighted by Crippen LogP contribution is -2.25. The maximum Gasteiger partial charge on any atom is 0.255 e. The van der Waals surface area contributed by atoms with Crippen molar-refractivity contribution in [3.05, 3.63) is 78.0 Å². The number of nitrogens with zero attached hydrogens (tertiary/aromatic N) is 2. The molecule has 2 heterocycles. The third-order valence-electron chi connectivity index (χ3n) is 4.88. The van der Waals surface area contributed by atoms with Gasteiger partial charge in [-0.15, -0.1) is 0 Å². The molecule has 3 aromatic rings. The van der Waals surface area contributed by atoms with Gasteiger partial charge in [0.1, 0.15) is 11.6 Å². The van der Waals surface area contributed by atoms with E-state index in [-0.39, 0.29) is 5.91 Å². The van der Waals surface area contributed by atoms with E-state index in [0.717, 1.165) is 29.4 Å². The van der Waals surface area contributed by atoms with Gasteiger partial charge in [0.25, 0.3) is 5.91 Å². The van der Waals surface area contributed by atoms with Crippen LogP contribution in [-0.2, 0) is 6.42 Å². The molecule has 2 aromatic carbocycles. The minimum Gasteiger partial charge on any atom is -0.494 e. The molecule has 0 spiro atoms. The van der Waals surface area contributed by atoms with Gasteiger partial charge in [-0.25, -0.2) is 4.98 Å². The molecule has 0 bridgehead atoms. The Kier molecular flexibility index (Phi) is 4.98. The molecule has 0 aliphatic carbocycles. The Hall–Kier alpha value is -3.34. The maximum atomic E-state index is 12.7. The first-order chi connectivity index (χ1) is 13.7. The Morgan fingerprint density at radius 1 is 1.18 bits per heavy atom. The fraction of sp³-hybridized carbons (Fsp3) is 0.217. The Balaban J connectivity index is 1.54. The van der Waals surface area contributed by atoms with Crippen molar-refractivity contribution >= 4 is 23.1 Å². The highest BCUT2D eigenvalue weighted by Crippen LogP contribution is 2.37. The number of ether oxygens (including phenoxy) is 1. The summed E-state index contributed by atoms with van der Waals surface area (Å²) in [6.07, 6.45) is 2.66. The Morgan fingerprint density at radius 2 is 1.96 bits per heavy atom. The molecule has 1 aliphatic heterocycles. The summed E-state index contributed by atoms with van der Waals surface area (Å²) in [7, 11) is 0. The van der Waals surface area contributed by atoms with E-state index in [0.29, 0.717) is 18.2 Å². The van der Waals surface area contributed by atoms with Gasteiger partial charge in [-0.1, -0.05) is 18.2 Å². The molecule has 0 saturated heterocycles. The predicted octanol–water partition coefficient (Wildman–Crippen LogP) is 4.82. The molecule has 1 unspecified atom stereocenters. The Bertz CT molecular complexity index is 985. The average molecular weight is 373 g/mol. The fourth-order valence-corrected chi connectivity index (χ4v) is 3.61.